The second-order valence-electron chi connectivity index (χ2n) is 11.2. The Hall–Kier alpha value is 0.780. The van der Waals surface area contributed by atoms with Crippen LogP contribution in [0, 0.1) is 52.1 Å². The van der Waals surface area contributed by atoms with Gasteiger partial charge in [0, 0.05) is 12.1 Å². The zero-order valence-electron chi connectivity index (χ0n) is 18.8. The van der Waals surface area contributed by atoms with Crippen LogP contribution in [0.1, 0.15) is 65.6 Å². The van der Waals surface area contributed by atoms with E-state index in [2.05, 4.69) is 0 Å². The molecule has 0 amide bonds. The first kappa shape index (κ1) is 22.6. The van der Waals surface area contributed by atoms with Crippen LogP contribution in [-0.2, 0) is 24.1 Å². The number of rotatable bonds is 5. The zero-order chi connectivity index (χ0) is 20.1. The first-order valence-electron chi connectivity index (χ1n) is 11.5. The summed E-state index contributed by atoms with van der Waals surface area (Å²) in [5, 5.41) is 5.13. The summed E-state index contributed by atoms with van der Waals surface area (Å²) in [6.45, 7) is 0. The van der Waals surface area contributed by atoms with Gasteiger partial charge in [-0.15, -0.1) is 3.63 Å². The minimum Gasteiger partial charge on any atom is -1.00 e. The van der Waals surface area contributed by atoms with Crippen LogP contribution in [0.4, 0.5) is 0 Å². The van der Waals surface area contributed by atoms with E-state index in [1.807, 2.05) is 4.31 Å². The van der Waals surface area contributed by atoms with Crippen molar-refractivity contribution in [2.75, 3.05) is 0 Å². The van der Waals surface area contributed by atoms with Gasteiger partial charge in [0.25, 0.3) is 0 Å². The standard InChI is InChI=1S/C20H33N3O4S2.Na.H/c21-28(24,27-29(22,25)26)23(19-15-3-11-1-12(5-15)6-16(19)4-11)20-17-7-13-2-14(9-17)10-18(20)8-13;;/h11-21H,1-10H2,(H2,22,25,26);;/q;+1;-1. The minimum absolute atomic E-state index is 0. The Labute approximate surface area is 204 Å². The van der Waals surface area contributed by atoms with E-state index in [9.17, 15) is 12.6 Å². The van der Waals surface area contributed by atoms with Gasteiger partial charge in [-0.2, -0.15) is 12.7 Å². The van der Waals surface area contributed by atoms with Gasteiger partial charge in [-0.3, -0.25) is 0 Å². The second kappa shape index (κ2) is 7.65. The van der Waals surface area contributed by atoms with Crippen LogP contribution in [0.25, 0.3) is 0 Å². The molecule has 7 nitrogen and oxygen atoms in total. The van der Waals surface area contributed by atoms with E-state index in [4.69, 9.17) is 13.5 Å². The van der Waals surface area contributed by atoms with E-state index < -0.39 is 20.5 Å². The zero-order valence-corrected chi connectivity index (χ0v) is 21.5. The van der Waals surface area contributed by atoms with Crippen molar-refractivity contribution >= 4 is 20.5 Å². The average Bonchev–Trinajstić information content (AvgIpc) is 2.56. The Bertz CT molecular complexity index is 817. The minimum atomic E-state index is -4.46. The quantitative estimate of drug-likeness (QED) is 0.560. The third kappa shape index (κ3) is 3.77. The molecule has 8 saturated carbocycles. The molecule has 8 rings (SSSR count). The van der Waals surface area contributed by atoms with Gasteiger partial charge in [0.15, 0.2) is 0 Å². The second-order valence-corrected chi connectivity index (χ2v) is 14.1. The first-order valence-corrected chi connectivity index (χ1v) is 14.4. The van der Waals surface area contributed by atoms with E-state index in [-0.39, 0.29) is 43.1 Å². The average molecular weight is 468 g/mol. The van der Waals surface area contributed by atoms with E-state index in [0.717, 1.165) is 75.0 Å². The van der Waals surface area contributed by atoms with Gasteiger partial charge in [-0.1, -0.05) is 0 Å². The van der Waals surface area contributed by atoms with Crippen molar-refractivity contribution in [1.29, 1.82) is 4.78 Å². The van der Waals surface area contributed by atoms with Crippen LogP contribution in [0.3, 0.4) is 0 Å². The third-order valence-electron chi connectivity index (χ3n) is 9.41. The summed E-state index contributed by atoms with van der Waals surface area (Å²) in [7, 11) is -8.41. The monoisotopic (exact) mass is 467 g/mol. The molecule has 0 aromatic heterocycles. The Morgan fingerprint density at radius 1 is 0.700 bits per heavy atom. The van der Waals surface area contributed by atoms with Gasteiger partial charge in [-0.25, -0.2) is 14.1 Å². The van der Waals surface area contributed by atoms with E-state index >= 15 is 0 Å². The number of nitrogens with two attached hydrogens (primary N) is 1. The predicted molar refractivity (Wildman–Crippen MR) is 110 cm³/mol. The van der Waals surface area contributed by atoms with E-state index in [0.29, 0.717) is 23.7 Å². The van der Waals surface area contributed by atoms with Gasteiger partial charge in [-0.05, 0) is 112 Å². The topological polar surface area (TPSA) is 114 Å². The Kier molecular flexibility index (Phi) is 5.76. The molecule has 0 saturated heterocycles. The number of nitrogens with one attached hydrogen (secondary N) is 1. The fourth-order valence-electron chi connectivity index (χ4n) is 9.31. The molecule has 8 aliphatic carbocycles. The molecule has 0 aromatic carbocycles. The van der Waals surface area contributed by atoms with Gasteiger partial charge in [0.2, 0.25) is 10.2 Å². The SMILES string of the molecule is N=S(=O)(OS(N)(=O)=O)N(C1C2CC3CC(C2)CC1C3)C1C2CC3CC(C2)CC1C3.[H-].[Na+]. The van der Waals surface area contributed by atoms with Gasteiger partial charge < -0.3 is 1.43 Å². The van der Waals surface area contributed by atoms with Crippen molar-refractivity contribution in [3.63, 3.8) is 0 Å². The molecule has 0 aliphatic heterocycles. The number of hydrogen-bond acceptors (Lipinski definition) is 5. The molecule has 0 aromatic rings. The molecule has 8 bridgehead atoms. The molecular weight excluding hydrogens is 433 g/mol. The van der Waals surface area contributed by atoms with E-state index in [1.54, 1.807) is 0 Å². The summed E-state index contributed by atoms with van der Waals surface area (Å²) in [4.78, 5) is 0. The van der Waals surface area contributed by atoms with Gasteiger partial charge >= 0.3 is 39.9 Å². The number of hydrogen-bond donors (Lipinski definition) is 2. The predicted octanol–water partition coefficient (Wildman–Crippen LogP) is 0.151. The first-order chi connectivity index (χ1) is 13.7. The molecule has 10 heteroatoms. The van der Waals surface area contributed by atoms with Crippen molar-refractivity contribution in [2.24, 2.45) is 52.5 Å². The van der Waals surface area contributed by atoms with E-state index in [1.165, 1.54) is 12.8 Å². The molecule has 0 spiro atoms. The van der Waals surface area contributed by atoms with Crippen LogP contribution in [0.5, 0.6) is 0 Å². The molecule has 0 heterocycles. The summed E-state index contributed by atoms with van der Waals surface area (Å²) in [6.07, 6.45) is 11.7. The number of nitrogens with zero attached hydrogens (tertiary/aromatic N) is 1. The van der Waals surface area contributed by atoms with Crippen molar-refractivity contribution in [3.8, 4) is 0 Å². The van der Waals surface area contributed by atoms with Gasteiger partial charge in [0.05, 0.1) is 0 Å². The molecule has 166 valence electrons. The Balaban J connectivity index is 0.00000116. The van der Waals surface area contributed by atoms with Crippen molar-refractivity contribution in [2.45, 2.75) is 76.3 Å². The largest absolute Gasteiger partial charge is 1.00 e. The maximum absolute atomic E-state index is 13.7. The molecule has 3 N–H and O–H groups in total. The van der Waals surface area contributed by atoms with Crippen molar-refractivity contribution in [3.05, 3.63) is 0 Å². The molecule has 8 fully saturated rings. The smallest absolute Gasteiger partial charge is 1.00 e. The summed E-state index contributed by atoms with van der Waals surface area (Å²) in [5.74, 6) is 4.70. The van der Waals surface area contributed by atoms with Crippen LogP contribution in [0.2, 0.25) is 0 Å². The van der Waals surface area contributed by atoms with Gasteiger partial charge in [0.1, 0.15) is 0 Å². The van der Waals surface area contributed by atoms with Crippen LogP contribution >= 0.6 is 0 Å². The normalized spacial score (nSPS) is 50.5. The molecule has 0 radical (unpaired) electrons. The molecule has 8 aliphatic rings. The summed E-state index contributed by atoms with van der Waals surface area (Å²) in [6, 6.07) is 0.0224. The molecule has 1 unspecified atom stereocenters. The van der Waals surface area contributed by atoms with Crippen LogP contribution in [-0.4, -0.2) is 29.0 Å². The fourth-order valence-corrected chi connectivity index (χ4v) is 11.9. The Morgan fingerprint density at radius 2 is 1.00 bits per heavy atom. The summed E-state index contributed by atoms with van der Waals surface area (Å²) in [5.41, 5.74) is 0. The van der Waals surface area contributed by atoms with Crippen molar-refractivity contribution < 1.29 is 47.2 Å². The third-order valence-corrected chi connectivity index (χ3v) is 11.9. The Morgan fingerprint density at radius 3 is 1.27 bits per heavy atom. The molecule has 30 heavy (non-hydrogen) atoms. The fraction of sp³-hybridized carbons (Fsp3) is 1.00. The van der Waals surface area contributed by atoms with Crippen LogP contribution in [0.15, 0.2) is 0 Å². The maximum Gasteiger partial charge on any atom is 1.00 e. The maximum atomic E-state index is 13.7. The molecule has 1 atom stereocenters. The van der Waals surface area contributed by atoms with Crippen LogP contribution < -0.4 is 34.7 Å². The summed E-state index contributed by atoms with van der Waals surface area (Å²) >= 11 is 0. The molecular formula is C20H34N3NaO4S2. The summed E-state index contributed by atoms with van der Waals surface area (Å²) < 4.78 is 52.5. The van der Waals surface area contributed by atoms with Crippen molar-refractivity contribution in [1.82, 2.24) is 4.31 Å².